The molecule has 3 heteroatoms. The van der Waals surface area contributed by atoms with Crippen LogP contribution in [-0.2, 0) is 12.2 Å². The Morgan fingerprint density at radius 2 is 2.08 bits per heavy atom. The standard InChI is InChI=1S/C10H11BrO2/c11-9-5-7(6-12)1-2-8(9)10(13)3-4-10/h1-2,5,12-13H,3-4,6H2. The quantitative estimate of drug-likeness (QED) is 0.833. The van der Waals surface area contributed by atoms with Gasteiger partial charge in [0.2, 0.25) is 0 Å². The van der Waals surface area contributed by atoms with Crippen LogP contribution in [0.25, 0.3) is 0 Å². The molecule has 1 aliphatic rings. The molecule has 0 heterocycles. The molecule has 0 radical (unpaired) electrons. The van der Waals surface area contributed by atoms with Gasteiger partial charge in [0.15, 0.2) is 0 Å². The maximum atomic E-state index is 9.85. The van der Waals surface area contributed by atoms with Gasteiger partial charge in [-0.3, -0.25) is 0 Å². The van der Waals surface area contributed by atoms with Crippen LogP contribution in [0.2, 0.25) is 0 Å². The Bertz CT molecular complexity index is 332. The van der Waals surface area contributed by atoms with Crippen LogP contribution in [0.5, 0.6) is 0 Å². The Morgan fingerprint density at radius 3 is 2.54 bits per heavy atom. The second-order valence-electron chi connectivity index (χ2n) is 3.50. The van der Waals surface area contributed by atoms with E-state index in [0.717, 1.165) is 28.4 Å². The Kier molecular flexibility index (Phi) is 2.18. The van der Waals surface area contributed by atoms with E-state index >= 15 is 0 Å². The van der Waals surface area contributed by atoms with Crippen LogP contribution in [-0.4, -0.2) is 10.2 Å². The topological polar surface area (TPSA) is 40.5 Å². The van der Waals surface area contributed by atoms with Gasteiger partial charge in [-0.15, -0.1) is 0 Å². The molecule has 70 valence electrons. The van der Waals surface area contributed by atoms with E-state index in [0.29, 0.717) is 0 Å². The lowest BCUT2D eigenvalue weighted by atomic mass is 10.1. The molecular formula is C10H11BrO2. The minimum Gasteiger partial charge on any atom is -0.392 e. The molecule has 1 aromatic rings. The molecule has 0 amide bonds. The number of hydrogen-bond acceptors (Lipinski definition) is 2. The average molecular weight is 243 g/mol. The van der Waals surface area contributed by atoms with E-state index in [1.54, 1.807) is 0 Å². The molecule has 0 unspecified atom stereocenters. The minimum atomic E-state index is -0.604. The van der Waals surface area contributed by atoms with Crippen molar-refractivity contribution in [2.75, 3.05) is 0 Å². The summed E-state index contributed by atoms with van der Waals surface area (Å²) in [5.74, 6) is 0. The molecule has 13 heavy (non-hydrogen) atoms. The molecule has 2 N–H and O–H groups in total. The van der Waals surface area contributed by atoms with Gasteiger partial charge in [-0.1, -0.05) is 28.1 Å². The molecule has 1 saturated carbocycles. The zero-order valence-corrected chi connectivity index (χ0v) is 8.71. The third-order valence-corrected chi connectivity index (χ3v) is 3.10. The summed E-state index contributed by atoms with van der Waals surface area (Å²) in [5.41, 5.74) is 1.19. The minimum absolute atomic E-state index is 0.0390. The van der Waals surface area contributed by atoms with Crippen LogP contribution in [0.15, 0.2) is 22.7 Å². The summed E-state index contributed by atoms with van der Waals surface area (Å²) in [5, 5.41) is 18.7. The van der Waals surface area contributed by atoms with Crippen LogP contribution in [0, 0.1) is 0 Å². The van der Waals surface area contributed by atoms with Crippen LogP contribution >= 0.6 is 15.9 Å². The van der Waals surface area contributed by atoms with Crippen molar-refractivity contribution < 1.29 is 10.2 Å². The van der Waals surface area contributed by atoms with Gasteiger partial charge in [0.05, 0.1) is 12.2 Å². The normalized spacial score (nSPS) is 18.7. The Hall–Kier alpha value is -0.380. The Balaban J connectivity index is 2.38. The molecule has 0 atom stereocenters. The zero-order chi connectivity index (χ0) is 9.47. The first-order chi connectivity index (χ1) is 6.15. The number of hydrogen-bond donors (Lipinski definition) is 2. The van der Waals surface area contributed by atoms with E-state index in [2.05, 4.69) is 15.9 Å². The van der Waals surface area contributed by atoms with Gasteiger partial charge in [0.1, 0.15) is 0 Å². The molecule has 1 aromatic carbocycles. The molecule has 0 aliphatic heterocycles. The van der Waals surface area contributed by atoms with E-state index in [1.807, 2.05) is 18.2 Å². The highest BCUT2D eigenvalue weighted by molar-refractivity contribution is 9.10. The first-order valence-electron chi connectivity index (χ1n) is 4.28. The van der Waals surface area contributed by atoms with Crippen LogP contribution < -0.4 is 0 Å². The smallest absolute Gasteiger partial charge is 0.0909 e. The van der Waals surface area contributed by atoms with Crippen molar-refractivity contribution in [2.24, 2.45) is 0 Å². The van der Waals surface area contributed by atoms with E-state index in [-0.39, 0.29) is 6.61 Å². The lowest BCUT2D eigenvalue weighted by Gasteiger charge is -2.11. The van der Waals surface area contributed by atoms with Gasteiger partial charge in [-0.2, -0.15) is 0 Å². The molecule has 1 fully saturated rings. The summed E-state index contributed by atoms with van der Waals surface area (Å²) in [6.07, 6.45) is 1.67. The highest BCUT2D eigenvalue weighted by Crippen LogP contribution is 2.47. The van der Waals surface area contributed by atoms with E-state index in [9.17, 15) is 5.11 Å². The molecule has 0 spiro atoms. The largest absolute Gasteiger partial charge is 0.392 e. The molecule has 2 rings (SSSR count). The number of benzene rings is 1. The second kappa shape index (κ2) is 3.08. The lowest BCUT2D eigenvalue weighted by Crippen LogP contribution is -2.05. The summed E-state index contributed by atoms with van der Waals surface area (Å²) in [6, 6.07) is 5.57. The van der Waals surface area contributed by atoms with Gasteiger partial charge in [-0.25, -0.2) is 0 Å². The van der Waals surface area contributed by atoms with Gasteiger partial charge >= 0.3 is 0 Å². The molecule has 0 aromatic heterocycles. The summed E-state index contributed by atoms with van der Waals surface area (Å²) in [7, 11) is 0. The number of halogens is 1. The average Bonchev–Trinajstić information content (AvgIpc) is 2.84. The number of aliphatic hydroxyl groups is 2. The second-order valence-corrected chi connectivity index (χ2v) is 4.36. The molecule has 0 saturated heterocycles. The summed E-state index contributed by atoms with van der Waals surface area (Å²) in [6.45, 7) is 0.0390. The predicted molar refractivity (Wildman–Crippen MR) is 53.2 cm³/mol. The first-order valence-corrected chi connectivity index (χ1v) is 5.07. The van der Waals surface area contributed by atoms with Gasteiger partial charge in [0.25, 0.3) is 0 Å². The summed E-state index contributed by atoms with van der Waals surface area (Å²) in [4.78, 5) is 0. The summed E-state index contributed by atoms with van der Waals surface area (Å²) < 4.78 is 0.888. The van der Waals surface area contributed by atoms with Gasteiger partial charge in [0, 0.05) is 4.47 Å². The van der Waals surface area contributed by atoms with Crippen molar-refractivity contribution in [3.8, 4) is 0 Å². The molecule has 0 bridgehead atoms. The van der Waals surface area contributed by atoms with E-state index < -0.39 is 5.60 Å². The van der Waals surface area contributed by atoms with E-state index in [4.69, 9.17) is 5.11 Å². The first kappa shape index (κ1) is 9.19. The van der Waals surface area contributed by atoms with Gasteiger partial charge in [-0.05, 0) is 30.0 Å². The maximum absolute atomic E-state index is 9.85. The van der Waals surface area contributed by atoms with E-state index in [1.165, 1.54) is 0 Å². The monoisotopic (exact) mass is 242 g/mol. The zero-order valence-electron chi connectivity index (χ0n) is 7.13. The van der Waals surface area contributed by atoms with Gasteiger partial charge < -0.3 is 10.2 Å². The Labute approximate surface area is 85.3 Å². The van der Waals surface area contributed by atoms with Crippen molar-refractivity contribution in [1.82, 2.24) is 0 Å². The highest BCUT2D eigenvalue weighted by Gasteiger charge is 2.43. The SMILES string of the molecule is OCc1ccc(C2(O)CC2)c(Br)c1. The molecule has 1 aliphatic carbocycles. The number of aliphatic hydroxyl groups excluding tert-OH is 1. The highest BCUT2D eigenvalue weighted by atomic mass is 79.9. The van der Waals surface area contributed by atoms with Crippen LogP contribution in [0.4, 0.5) is 0 Å². The van der Waals surface area contributed by atoms with Crippen molar-refractivity contribution in [1.29, 1.82) is 0 Å². The molecule has 2 nitrogen and oxygen atoms in total. The van der Waals surface area contributed by atoms with Crippen molar-refractivity contribution in [2.45, 2.75) is 25.0 Å². The van der Waals surface area contributed by atoms with Crippen LogP contribution in [0.3, 0.4) is 0 Å². The van der Waals surface area contributed by atoms with Crippen molar-refractivity contribution in [3.05, 3.63) is 33.8 Å². The maximum Gasteiger partial charge on any atom is 0.0909 e. The Morgan fingerprint density at radius 1 is 1.38 bits per heavy atom. The molecular weight excluding hydrogens is 232 g/mol. The van der Waals surface area contributed by atoms with Crippen molar-refractivity contribution >= 4 is 15.9 Å². The summed E-state index contributed by atoms with van der Waals surface area (Å²) >= 11 is 3.39. The lowest BCUT2D eigenvalue weighted by molar-refractivity contribution is 0.150. The predicted octanol–water partition coefficient (Wildman–Crippen LogP) is 1.92. The fraction of sp³-hybridized carbons (Fsp3) is 0.400. The fourth-order valence-corrected chi connectivity index (χ4v) is 2.22. The number of rotatable bonds is 2. The fourth-order valence-electron chi connectivity index (χ4n) is 1.42. The van der Waals surface area contributed by atoms with Crippen molar-refractivity contribution in [3.63, 3.8) is 0 Å². The third-order valence-electron chi connectivity index (χ3n) is 2.44. The third kappa shape index (κ3) is 1.64. The van der Waals surface area contributed by atoms with Crippen LogP contribution in [0.1, 0.15) is 24.0 Å².